The van der Waals surface area contributed by atoms with Gasteiger partial charge >= 0.3 is 391 Å². The van der Waals surface area contributed by atoms with Crippen LogP contribution in [0.1, 0.15) is 71.8 Å². The molecule has 0 saturated carbocycles. The molecule has 4 aliphatic rings. The quantitative estimate of drug-likeness (QED) is 0.0770. The van der Waals surface area contributed by atoms with Gasteiger partial charge in [0.25, 0.3) is 0 Å². The van der Waals surface area contributed by atoms with Crippen molar-refractivity contribution in [3.05, 3.63) is 0 Å². The van der Waals surface area contributed by atoms with Gasteiger partial charge in [-0.05, 0) is 11.5 Å². The molecule has 4 heterocycles. The van der Waals surface area contributed by atoms with Crippen LogP contribution in [-0.4, -0.2) is 220 Å². The van der Waals surface area contributed by atoms with E-state index in [-0.39, 0.29) is 184 Å². The van der Waals surface area contributed by atoms with Crippen molar-refractivity contribution in [2.75, 3.05) is 61.5 Å². The summed E-state index contributed by atoms with van der Waals surface area (Å²) in [5.41, 5.74) is 0. The van der Waals surface area contributed by atoms with Gasteiger partial charge in [-0.1, -0.05) is 51.0 Å². The minimum atomic E-state index is -0.168. The van der Waals surface area contributed by atoms with Crippen molar-refractivity contribution in [2.24, 2.45) is 0 Å². The van der Waals surface area contributed by atoms with Gasteiger partial charge in [-0.3, -0.25) is 0 Å². The molecule has 0 atom stereocenters. The van der Waals surface area contributed by atoms with Gasteiger partial charge in [0, 0.05) is 5.08 Å². The Bertz CT molecular complexity index is 527. The average molecular weight is 1940 g/mol. The van der Waals surface area contributed by atoms with E-state index < -0.39 is 0 Å². The molecule has 4 aliphatic heterocycles. The maximum absolute atomic E-state index is 2.32. The first-order valence-electron chi connectivity index (χ1n) is 13.3. The van der Waals surface area contributed by atoms with E-state index in [1.54, 1.807) is 0 Å². The summed E-state index contributed by atoms with van der Waals surface area (Å²) >= 11 is 8.46. The number of hydrogen-bond acceptors (Lipinski definition) is 20. The van der Waals surface area contributed by atoms with Gasteiger partial charge < -0.3 is 0 Å². The van der Waals surface area contributed by atoms with Crippen LogP contribution >= 0.6 is 190 Å². The SMILES string of the molecule is C.C.C.C.C.C1[S][Sn][S]1.C1[S][Sn][S]C[S][Sn][S]1.CCSCSC([S][Sn][S]CC)[S][Sn][S]CC.CSCSC(C)C.C[S][Sn][S]C.[S]1[Sn][S]C12[S][Sn][S]2. The first-order valence-corrected chi connectivity index (χ1v) is 89.2. The molecule has 4 fully saturated rings. The van der Waals surface area contributed by atoms with E-state index in [1.165, 1.54) is 42.7 Å². The first-order chi connectivity index (χ1) is 22.9. The molecule has 0 unspecified atom stereocenters. The van der Waals surface area contributed by atoms with Crippen molar-refractivity contribution in [3.8, 4) is 0 Å². The fraction of sp³-hybridized carbons (Fsp3) is 1.00. The van der Waals surface area contributed by atoms with Crippen LogP contribution in [0.5, 0.6) is 0 Å². The van der Waals surface area contributed by atoms with Gasteiger partial charge in [-0.15, -0.1) is 11.8 Å². The Morgan fingerprint density at radius 2 is 0.962 bits per heavy atom. The third kappa shape index (κ3) is 63.4. The van der Waals surface area contributed by atoms with Crippen molar-refractivity contribution in [3.63, 3.8) is 0 Å². The fourth-order valence-corrected chi connectivity index (χ4v) is 162. The molecule has 0 aromatic heterocycles. The Morgan fingerprint density at radius 3 is 1.17 bits per heavy atom. The van der Waals surface area contributed by atoms with Gasteiger partial charge in [0.1, 0.15) is 0 Å². The van der Waals surface area contributed by atoms with Crippen LogP contribution in [0.15, 0.2) is 0 Å². The summed E-state index contributed by atoms with van der Waals surface area (Å²) in [6, 6.07) is 0. The molecule has 1 spiro atoms. The van der Waals surface area contributed by atoms with E-state index in [2.05, 4.69) is 202 Å². The minimum absolute atomic E-state index is 0. The normalized spacial score (nSPS) is 15.8. The molecule has 0 aromatic rings. The summed E-state index contributed by atoms with van der Waals surface area (Å²) in [5, 5.41) is 7.63. The fourth-order valence-electron chi connectivity index (χ4n) is 1.43. The number of thioether (sulfide) groups is 4. The average Bonchev–Trinajstić information content (AvgIpc) is 2.95. The second-order valence-electron chi connectivity index (χ2n) is 6.99. The molecular formula is C24H62S20Sn8. The van der Waals surface area contributed by atoms with Gasteiger partial charge in [0.15, 0.2) is 0 Å². The Labute approximate surface area is 470 Å². The van der Waals surface area contributed by atoms with Crippen LogP contribution in [0.2, 0.25) is 0 Å². The molecule has 4 rings (SSSR count). The summed E-state index contributed by atoms with van der Waals surface area (Å²) in [5.74, 6) is 3.92. The Kier molecular flexibility index (Phi) is 105. The molecule has 0 aromatic carbocycles. The van der Waals surface area contributed by atoms with Crippen molar-refractivity contribution in [1.82, 2.24) is 0 Å². The van der Waals surface area contributed by atoms with Crippen molar-refractivity contribution in [1.29, 1.82) is 0 Å². The summed E-state index contributed by atoms with van der Waals surface area (Å²) < 4.78 is 1.65. The van der Waals surface area contributed by atoms with Crippen molar-refractivity contribution in [2.45, 2.75) is 83.7 Å². The molecule has 16 radical (unpaired) electrons. The van der Waals surface area contributed by atoms with E-state index in [1.807, 2.05) is 41.4 Å². The third-order valence-electron chi connectivity index (χ3n) is 3.25. The van der Waals surface area contributed by atoms with Crippen LogP contribution in [0.4, 0.5) is 0 Å². The Morgan fingerprint density at radius 1 is 0.558 bits per heavy atom. The van der Waals surface area contributed by atoms with Crippen LogP contribution in [-0.2, 0) is 0 Å². The molecule has 4 saturated heterocycles. The summed E-state index contributed by atoms with van der Waals surface area (Å²) in [6.07, 6.45) is 6.50. The van der Waals surface area contributed by atoms with Crippen LogP contribution in [0.25, 0.3) is 0 Å². The van der Waals surface area contributed by atoms with E-state index >= 15 is 0 Å². The van der Waals surface area contributed by atoms with Gasteiger partial charge in [0.2, 0.25) is 0 Å². The molecule has 52 heavy (non-hydrogen) atoms. The van der Waals surface area contributed by atoms with Crippen LogP contribution in [0.3, 0.4) is 0 Å². The topological polar surface area (TPSA) is 0 Å². The van der Waals surface area contributed by atoms with Crippen molar-refractivity contribution < 1.29 is 0 Å². The van der Waals surface area contributed by atoms with E-state index in [4.69, 9.17) is 0 Å². The van der Waals surface area contributed by atoms with Gasteiger partial charge in [-0.25, -0.2) is 0 Å². The van der Waals surface area contributed by atoms with E-state index in [0.29, 0.717) is 0 Å². The zero-order valence-corrected chi connectivity index (χ0v) is 66.6. The van der Waals surface area contributed by atoms with Gasteiger partial charge in [-0.2, -0.15) is 11.8 Å². The molecule has 0 N–H and O–H groups in total. The zero-order valence-electron chi connectivity index (χ0n) is 27.5. The summed E-state index contributed by atoms with van der Waals surface area (Å²) in [6.45, 7) is 11.3. The van der Waals surface area contributed by atoms with Crippen LogP contribution < -0.4 is 0 Å². The van der Waals surface area contributed by atoms with Crippen LogP contribution in [0, 0.1) is 0 Å². The zero-order chi connectivity index (χ0) is 35.1. The molecule has 28 heteroatoms. The first kappa shape index (κ1) is 79.5. The molecule has 0 bridgehead atoms. The number of rotatable bonds is 17. The predicted octanol–water partition coefficient (Wildman–Crippen LogP) is 16.1. The predicted molar refractivity (Wildman–Crippen MR) is 327 cm³/mol. The number of hydrogen-bond donors (Lipinski definition) is 0. The van der Waals surface area contributed by atoms with E-state index in [0.717, 1.165) is 11.9 Å². The molecule has 0 aliphatic carbocycles. The third-order valence-corrected chi connectivity index (χ3v) is 129. The maximum atomic E-state index is 2.32. The molecular weight excluding hydrogens is 1880 g/mol. The Hall–Kier alpha value is 13.4. The standard InChI is InChI=1S/C5H12S2.C4H10S4.2C2H6S.CH4S4.3CH4S2.2CH4S.5CH4.8Sn/c1-5(2)7-4-6-3;1-2-7-3-8-4(5)6;2*1-2-3;2-1(3,4)5;3*2-1-3;2*1-2;;;;;;;;;;;;;/h5H,4H2,1-3H3;4-6H,2-3H2,1H3;2*3H,2H2,1H3;2-5H;3*2-3H,1H2;2*2H,1H3;5*1H4;;;;;;;;/q;;;;;;;;;;;;;;;8*+2/p-16. The second kappa shape index (κ2) is 68.7. The molecule has 0 amide bonds. The van der Waals surface area contributed by atoms with Crippen molar-refractivity contribution >= 4 is 337 Å². The molecule has 310 valence electrons. The molecule has 0 nitrogen and oxygen atoms in total. The Balaban J connectivity index is -0.0000000970. The summed E-state index contributed by atoms with van der Waals surface area (Å²) in [7, 11) is 35.7. The second-order valence-corrected chi connectivity index (χ2v) is 104. The van der Waals surface area contributed by atoms with E-state index in [9.17, 15) is 0 Å². The summed E-state index contributed by atoms with van der Waals surface area (Å²) in [4.78, 5) is 0. The monoisotopic (exact) mass is 1950 g/mol. The van der Waals surface area contributed by atoms with Gasteiger partial charge in [0.05, 0.1) is 0 Å².